The smallest absolute Gasteiger partial charge is 0.235 e. The van der Waals surface area contributed by atoms with E-state index in [0.717, 1.165) is 42.6 Å². The van der Waals surface area contributed by atoms with Crippen LogP contribution in [0.1, 0.15) is 52.7 Å². The van der Waals surface area contributed by atoms with Crippen molar-refractivity contribution in [1.29, 1.82) is 5.26 Å². The van der Waals surface area contributed by atoms with Gasteiger partial charge in [0.15, 0.2) is 11.0 Å². The lowest BCUT2D eigenvalue weighted by Gasteiger charge is -2.20. The number of nitriles is 1. The van der Waals surface area contributed by atoms with Gasteiger partial charge in [-0.1, -0.05) is 42.8 Å². The molecule has 4 rings (SSSR count). The van der Waals surface area contributed by atoms with Crippen molar-refractivity contribution in [3.63, 3.8) is 0 Å². The number of aryl methyl sites for hydroxylation is 2. The fourth-order valence-corrected chi connectivity index (χ4v) is 6.26. The van der Waals surface area contributed by atoms with Gasteiger partial charge < -0.3 is 14.6 Å². The second-order valence-corrected chi connectivity index (χ2v) is 10.7. The van der Waals surface area contributed by atoms with Gasteiger partial charge in [-0.3, -0.25) is 4.79 Å². The normalized spacial score (nSPS) is 15.0. The van der Waals surface area contributed by atoms with E-state index in [-0.39, 0.29) is 11.7 Å². The monoisotopic (exact) mass is 495 g/mol. The average molecular weight is 496 g/mol. The van der Waals surface area contributed by atoms with Crippen molar-refractivity contribution in [2.45, 2.75) is 58.2 Å². The summed E-state index contributed by atoms with van der Waals surface area (Å²) >= 11 is 2.87. The van der Waals surface area contributed by atoms with Crippen LogP contribution in [0.2, 0.25) is 0 Å². The van der Waals surface area contributed by atoms with Gasteiger partial charge >= 0.3 is 0 Å². The van der Waals surface area contributed by atoms with Gasteiger partial charge in [0, 0.05) is 11.9 Å². The molecule has 2 aromatic heterocycles. The van der Waals surface area contributed by atoms with Crippen molar-refractivity contribution >= 4 is 34.0 Å². The Kier molecular flexibility index (Phi) is 7.59. The molecule has 0 spiro atoms. The second kappa shape index (κ2) is 10.6. The van der Waals surface area contributed by atoms with E-state index in [4.69, 9.17) is 4.74 Å². The number of rotatable bonds is 8. The molecule has 3 aromatic rings. The van der Waals surface area contributed by atoms with Crippen LogP contribution in [0, 0.1) is 31.1 Å². The summed E-state index contributed by atoms with van der Waals surface area (Å²) in [6.45, 7) is 6.57. The highest BCUT2D eigenvalue weighted by molar-refractivity contribution is 7.99. The first-order valence-electron chi connectivity index (χ1n) is 11.4. The third-order valence-corrected chi connectivity index (χ3v) is 8.44. The minimum Gasteiger partial charge on any atom is -0.485 e. The van der Waals surface area contributed by atoms with E-state index in [0.29, 0.717) is 34.1 Å². The van der Waals surface area contributed by atoms with Crippen molar-refractivity contribution in [2.24, 2.45) is 13.0 Å². The van der Waals surface area contributed by atoms with E-state index >= 15 is 0 Å². The topological polar surface area (TPSA) is 92.8 Å². The standard InChI is InChI=1S/C25H29N5O2S2/c1-5-17-7-8-18-19(12-26)24(34-21(18)11-17)27-23(31)14-33-25-29-28-22(30(25)4)13-32-20-9-6-15(2)10-16(20)3/h6,9-10,17H,5,7-8,11,13-14H2,1-4H3,(H,27,31). The van der Waals surface area contributed by atoms with Crippen molar-refractivity contribution < 1.29 is 9.53 Å². The molecule has 178 valence electrons. The van der Waals surface area contributed by atoms with Crippen molar-refractivity contribution in [3.05, 3.63) is 51.2 Å². The third-order valence-electron chi connectivity index (χ3n) is 6.25. The quantitative estimate of drug-likeness (QED) is 0.432. The van der Waals surface area contributed by atoms with Gasteiger partial charge in [0.05, 0.1) is 11.3 Å². The number of aromatic nitrogens is 3. The number of benzene rings is 1. The predicted molar refractivity (Wildman–Crippen MR) is 135 cm³/mol. The Morgan fingerprint density at radius 2 is 2.21 bits per heavy atom. The average Bonchev–Trinajstić information content (AvgIpc) is 3.35. The first-order valence-corrected chi connectivity index (χ1v) is 13.2. The molecule has 0 aliphatic heterocycles. The maximum atomic E-state index is 12.7. The molecule has 0 radical (unpaired) electrons. The van der Waals surface area contributed by atoms with Crippen LogP contribution in [0.5, 0.6) is 5.75 Å². The van der Waals surface area contributed by atoms with E-state index in [1.54, 1.807) is 11.3 Å². The number of ether oxygens (including phenoxy) is 1. The number of nitrogens with one attached hydrogen (secondary N) is 1. The van der Waals surface area contributed by atoms with E-state index < -0.39 is 0 Å². The molecule has 1 unspecified atom stereocenters. The lowest BCUT2D eigenvalue weighted by atomic mass is 9.86. The van der Waals surface area contributed by atoms with Crippen LogP contribution in [0.3, 0.4) is 0 Å². The molecule has 7 nitrogen and oxygen atoms in total. The molecular formula is C25H29N5O2S2. The fourth-order valence-electron chi connectivity index (χ4n) is 4.20. The number of carbonyl (C=O) groups excluding carboxylic acids is 1. The van der Waals surface area contributed by atoms with Crippen LogP contribution in [0.25, 0.3) is 0 Å². The van der Waals surface area contributed by atoms with Crippen LogP contribution in [-0.2, 0) is 31.3 Å². The van der Waals surface area contributed by atoms with Gasteiger partial charge in [0.1, 0.15) is 23.4 Å². The molecule has 1 aliphatic carbocycles. The summed E-state index contributed by atoms with van der Waals surface area (Å²) < 4.78 is 7.76. The Morgan fingerprint density at radius 3 is 2.94 bits per heavy atom. The number of carbonyl (C=O) groups is 1. The molecule has 1 aromatic carbocycles. The van der Waals surface area contributed by atoms with E-state index in [9.17, 15) is 10.1 Å². The van der Waals surface area contributed by atoms with Gasteiger partial charge in [-0.2, -0.15) is 5.26 Å². The number of nitrogens with zero attached hydrogens (tertiary/aromatic N) is 4. The van der Waals surface area contributed by atoms with Gasteiger partial charge in [-0.15, -0.1) is 21.5 Å². The molecular weight excluding hydrogens is 466 g/mol. The SMILES string of the molecule is CCC1CCc2c(sc(NC(=O)CSc3nnc(COc4ccc(C)cc4C)n3C)c2C#N)C1. The Balaban J connectivity index is 1.35. The molecule has 1 aliphatic rings. The zero-order chi connectivity index (χ0) is 24.2. The summed E-state index contributed by atoms with van der Waals surface area (Å²) in [6, 6.07) is 8.37. The van der Waals surface area contributed by atoms with E-state index in [2.05, 4.69) is 41.5 Å². The number of thioether (sulfide) groups is 1. The Morgan fingerprint density at radius 1 is 1.38 bits per heavy atom. The van der Waals surface area contributed by atoms with Crippen molar-refractivity contribution in [1.82, 2.24) is 14.8 Å². The Labute approximate surface area is 208 Å². The van der Waals surface area contributed by atoms with Crippen LogP contribution in [0.15, 0.2) is 23.4 Å². The zero-order valence-electron chi connectivity index (χ0n) is 20.0. The first-order chi connectivity index (χ1) is 16.4. The zero-order valence-corrected chi connectivity index (χ0v) is 21.6. The second-order valence-electron chi connectivity index (χ2n) is 8.69. The Hall–Kier alpha value is -2.83. The van der Waals surface area contributed by atoms with Gasteiger partial charge in [-0.05, 0) is 56.2 Å². The first kappa shape index (κ1) is 24.3. The minimum absolute atomic E-state index is 0.150. The highest BCUT2D eigenvalue weighted by atomic mass is 32.2. The van der Waals surface area contributed by atoms with Crippen LogP contribution >= 0.6 is 23.1 Å². The lowest BCUT2D eigenvalue weighted by Crippen LogP contribution is -2.15. The van der Waals surface area contributed by atoms with Crippen molar-refractivity contribution in [3.8, 4) is 11.8 Å². The molecule has 34 heavy (non-hydrogen) atoms. The van der Waals surface area contributed by atoms with Crippen LogP contribution in [0.4, 0.5) is 5.00 Å². The summed E-state index contributed by atoms with van der Waals surface area (Å²) in [7, 11) is 1.87. The lowest BCUT2D eigenvalue weighted by molar-refractivity contribution is -0.113. The minimum atomic E-state index is -0.150. The van der Waals surface area contributed by atoms with Crippen LogP contribution < -0.4 is 10.1 Å². The molecule has 0 saturated heterocycles. The van der Waals surface area contributed by atoms with E-state index in [1.165, 1.54) is 22.2 Å². The molecule has 1 amide bonds. The van der Waals surface area contributed by atoms with Gasteiger partial charge in [0.2, 0.25) is 5.91 Å². The number of hydrogen-bond acceptors (Lipinski definition) is 7. The highest BCUT2D eigenvalue weighted by Gasteiger charge is 2.26. The number of hydrogen-bond donors (Lipinski definition) is 1. The molecule has 0 fully saturated rings. The van der Waals surface area contributed by atoms with Crippen LogP contribution in [-0.4, -0.2) is 26.4 Å². The maximum Gasteiger partial charge on any atom is 0.235 e. The molecule has 0 saturated carbocycles. The molecule has 9 heteroatoms. The summed E-state index contributed by atoms with van der Waals surface area (Å²) in [5, 5.41) is 22.4. The fraction of sp³-hybridized carbons (Fsp3) is 0.440. The van der Waals surface area contributed by atoms with Gasteiger partial charge in [0.25, 0.3) is 0 Å². The molecule has 0 bridgehead atoms. The predicted octanol–water partition coefficient (Wildman–Crippen LogP) is 5.19. The van der Waals surface area contributed by atoms with Crippen molar-refractivity contribution in [2.75, 3.05) is 11.1 Å². The van der Waals surface area contributed by atoms with Gasteiger partial charge in [-0.25, -0.2) is 0 Å². The highest BCUT2D eigenvalue weighted by Crippen LogP contribution is 2.40. The number of anilines is 1. The van der Waals surface area contributed by atoms with E-state index in [1.807, 2.05) is 30.7 Å². The third kappa shape index (κ3) is 5.29. The number of fused-ring (bicyclic) bond motifs is 1. The molecule has 1 atom stereocenters. The summed E-state index contributed by atoms with van der Waals surface area (Å²) in [6.07, 6.45) is 4.18. The Bertz CT molecular complexity index is 1240. The largest absolute Gasteiger partial charge is 0.485 e. The molecule has 1 N–H and O–H groups in total. The number of amides is 1. The molecule has 2 heterocycles. The number of thiophene rings is 1. The maximum absolute atomic E-state index is 12.7. The summed E-state index contributed by atoms with van der Waals surface area (Å²) in [5.41, 5.74) is 4.03. The summed E-state index contributed by atoms with van der Waals surface area (Å²) in [4.78, 5) is 13.9. The summed E-state index contributed by atoms with van der Waals surface area (Å²) in [5.74, 6) is 2.21.